The zero-order valence-electron chi connectivity index (χ0n) is 23.9. The molecule has 1 aliphatic carbocycles. The van der Waals surface area contributed by atoms with Crippen molar-refractivity contribution in [1.82, 2.24) is 9.97 Å². The zero-order chi connectivity index (χ0) is 28.7. The molecule has 1 N–H and O–H groups in total. The number of rotatable bonds is 8. The Labute approximate surface area is 241 Å². The standard InChI is InChI=1S/C31H36N4O3S2/c1-20-10-7-11-21(2)27(20)28-29(22-12-8-13-23(18-22)38-24-16-17-31(3,4)19-24)39-30(33-28)34-40(36,37)26-15-9-14-25(32-26)35(5)6/h7-15,18,24H,16-17,19H2,1-6H3,(H,33,34). The van der Waals surface area contributed by atoms with Crippen LogP contribution in [0.4, 0.5) is 10.9 Å². The third-order valence-electron chi connectivity index (χ3n) is 7.33. The number of pyridine rings is 1. The molecular weight excluding hydrogens is 541 g/mol. The normalized spacial score (nSPS) is 16.6. The molecule has 0 amide bonds. The average Bonchev–Trinajstić information content (AvgIpc) is 3.45. The summed E-state index contributed by atoms with van der Waals surface area (Å²) in [5.41, 5.74) is 5.11. The Morgan fingerprint density at radius 2 is 1.70 bits per heavy atom. The summed E-state index contributed by atoms with van der Waals surface area (Å²) in [6.07, 6.45) is 3.41. The quantitative estimate of drug-likeness (QED) is 0.237. The van der Waals surface area contributed by atoms with Crippen LogP contribution in [0.25, 0.3) is 21.7 Å². The number of hydrogen-bond acceptors (Lipinski definition) is 7. The molecule has 1 atom stereocenters. The average molecular weight is 577 g/mol. The second kappa shape index (κ2) is 10.9. The fourth-order valence-corrected chi connectivity index (χ4v) is 7.43. The summed E-state index contributed by atoms with van der Waals surface area (Å²) in [7, 11) is -0.315. The number of thiazole rings is 1. The van der Waals surface area contributed by atoms with E-state index in [-0.39, 0.29) is 16.3 Å². The Morgan fingerprint density at radius 3 is 2.38 bits per heavy atom. The second-order valence-corrected chi connectivity index (χ2v) is 14.1. The number of ether oxygens (including phenoxy) is 1. The van der Waals surface area contributed by atoms with Gasteiger partial charge in [-0.25, -0.2) is 9.97 Å². The van der Waals surface area contributed by atoms with Crippen molar-refractivity contribution in [3.63, 3.8) is 0 Å². The van der Waals surface area contributed by atoms with Gasteiger partial charge in [0.25, 0.3) is 10.0 Å². The van der Waals surface area contributed by atoms with Crippen LogP contribution >= 0.6 is 11.3 Å². The van der Waals surface area contributed by atoms with E-state index in [2.05, 4.69) is 23.6 Å². The summed E-state index contributed by atoms with van der Waals surface area (Å²) < 4.78 is 35.8. The maximum absolute atomic E-state index is 13.4. The molecule has 5 rings (SSSR count). The first-order valence-electron chi connectivity index (χ1n) is 13.4. The van der Waals surface area contributed by atoms with Crippen LogP contribution in [0.2, 0.25) is 0 Å². The molecule has 0 radical (unpaired) electrons. The molecule has 2 aromatic heterocycles. The van der Waals surface area contributed by atoms with E-state index in [1.165, 1.54) is 17.4 Å². The topological polar surface area (TPSA) is 84.4 Å². The highest BCUT2D eigenvalue weighted by Crippen LogP contribution is 2.43. The number of nitrogens with zero attached hydrogens (tertiary/aromatic N) is 3. The Balaban J connectivity index is 1.54. The van der Waals surface area contributed by atoms with Crippen LogP contribution in [-0.4, -0.2) is 38.6 Å². The van der Waals surface area contributed by atoms with Crippen LogP contribution in [0.1, 0.15) is 44.2 Å². The smallest absolute Gasteiger partial charge is 0.281 e. The van der Waals surface area contributed by atoms with Crippen LogP contribution in [-0.2, 0) is 10.0 Å². The van der Waals surface area contributed by atoms with E-state index in [9.17, 15) is 8.42 Å². The van der Waals surface area contributed by atoms with Gasteiger partial charge in [-0.1, -0.05) is 61.6 Å². The SMILES string of the molecule is Cc1cccc(C)c1-c1nc(NS(=O)(=O)c2cccc(N(C)C)n2)sc1-c1cccc(OC2CCC(C)(C)C2)c1. The van der Waals surface area contributed by atoms with Gasteiger partial charge in [-0.2, -0.15) is 8.42 Å². The molecule has 0 bridgehead atoms. The molecule has 210 valence electrons. The molecule has 1 fully saturated rings. The van der Waals surface area contributed by atoms with Gasteiger partial charge >= 0.3 is 0 Å². The fourth-order valence-electron chi connectivity index (χ4n) is 5.26. The van der Waals surface area contributed by atoms with Crippen molar-refractivity contribution < 1.29 is 13.2 Å². The predicted molar refractivity (Wildman–Crippen MR) is 164 cm³/mol. The second-order valence-electron chi connectivity index (χ2n) is 11.5. The molecular formula is C31H36N4O3S2. The van der Waals surface area contributed by atoms with E-state index < -0.39 is 10.0 Å². The number of benzene rings is 2. The van der Waals surface area contributed by atoms with Crippen molar-refractivity contribution in [2.45, 2.75) is 58.1 Å². The lowest BCUT2D eigenvalue weighted by molar-refractivity contribution is 0.193. The lowest BCUT2D eigenvalue weighted by atomic mass is 9.92. The highest BCUT2D eigenvalue weighted by atomic mass is 32.2. The molecule has 0 saturated heterocycles. The number of anilines is 2. The summed E-state index contributed by atoms with van der Waals surface area (Å²) in [5.74, 6) is 1.37. The van der Waals surface area contributed by atoms with E-state index in [0.29, 0.717) is 11.2 Å². The molecule has 1 saturated carbocycles. The minimum atomic E-state index is -3.96. The molecule has 0 aliphatic heterocycles. The van der Waals surface area contributed by atoms with Gasteiger partial charge in [0.05, 0.1) is 16.7 Å². The maximum Gasteiger partial charge on any atom is 0.281 e. The number of sulfonamides is 1. The third-order valence-corrected chi connectivity index (χ3v) is 9.72. The van der Waals surface area contributed by atoms with Gasteiger partial charge in [0, 0.05) is 19.7 Å². The largest absolute Gasteiger partial charge is 0.490 e. The maximum atomic E-state index is 13.4. The van der Waals surface area contributed by atoms with Crippen molar-refractivity contribution in [3.05, 3.63) is 71.8 Å². The molecule has 4 aromatic rings. The number of nitrogens with one attached hydrogen (secondary N) is 1. The predicted octanol–water partition coefficient (Wildman–Crippen LogP) is 7.31. The van der Waals surface area contributed by atoms with Crippen LogP contribution in [0.15, 0.2) is 65.7 Å². The van der Waals surface area contributed by atoms with Gasteiger partial charge in [0.1, 0.15) is 11.6 Å². The molecule has 2 aromatic carbocycles. The molecule has 40 heavy (non-hydrogen) atoms. The van der Waals surface area contributed by atoms with E-state index >= 15 is 0 Å². The van der Waals surface area contributed by atoms with E-state index in [1.54, 1.807) is 17.0 Å². The van der Waals surface area contributed by atoms with Gasteiger partial charge in [-0.15, -0.1) is 0 Å². The van der Waals surface area contributed by atoms with Gasteiger partial charge in [0.2, 0.25) is 0 Å². The molecule has 1 aliphatic rings. The highest BCUT2D eigenvalue weighted by Gasteiger charge is 2.32. The Bertz CT molecular complexity index is 1620. The van der Waals surface area contributed by atoms with Gasteiger partial charge in [-0.3, -0.25) is 4.72 Å². The van der Waals surface area contributed by atoms with Crippen LogP contribution in [0.5, 0.6) is 5.75 Å². The molecule has 7 nitrogen and oxygen atoms in total. The van der Waals surface area contributed by atoms with Crippen LogP contribution < -0.4 is 14.4 Å². The van der Waals surface area contributed by atoms with Crippen LogP contribution in [0, 0.1) is 19.3 Å². The number of aryl methyl sites for hydroxylation is 2. The van der Waals surface area contributed by atoms with Crippen molar-refractivity contribution >= 4 is 32.3 Å². The van der Waals surface area contributed by atoms with E-state index in [0.717, 1.165) is 57.8 Å². The van der Waals surface area contributed by atoms with Crippen molar-refractivity contribution in [2.75, 3.05) is 23.7 Å². The van der Waals surface area contributed by atoms with Gasteiger partial charge in [-0.05, 0) is 79.5 Å². The molecule has 0 spiro atoms. The molecule has 9 heteroatoms. The van der Waals surface area contributed by atoms with Crippen LogP contribution in [0.3, 0.4) is 0 Å². The number of aromatic nitrogens is 2. The zero-order valence-corrected chi connectivity index (χ0v) is 25.5. The monoisotopic (exact) mass is 576 g/mol. The molecule has 1 unspecified atom stereocenters. The summed E-state index contributed by atoms with van der Waals surface area (Å²) in [4.78, 5) is 11.8. The van der Waals surface area contributed by atoms with Crippen molar-refractivity contribution in [1.29, 1.82) is 0 Å². The van der Waals surface area contributed by atoms with Gasteiger partial charge < -0.3 is 9.64 Å². The van der Waals surface area contributed by atoms with Crippen molar-refractivity contribution in [2.24, 2.45) is 5.41 Å². The minimum Gasteiger partial charge on any atom is -0.490 e. The fraction of sp³-hybridized carbons (Fsp3) is 0.355. The minimum absolute atomic E-state index is 0.0565. The summed E-state index contributed by atoms with van der Waals surface area (Å²) in [5, 5.41) is 0.229. The summed E-state index contributed by atoms with van der Waals surface area (Å²) in [6.45, 7) is 8.67. The first-order chi connectivity index (χ1) is 18.9. The third kappa shape index (κ3) is 6.00. The Morgan fingerprint density at radius 1 is 1.00 bits per heavy atom. The van der Waals surface area contributed by atoms with E-state index in [4.69, 9.17) is 9.72 Å². The lowest BCUT2D eigenvalue weighted by Crippen LogP contribution is -2.17. The highest BCUT2D eigenvalue weighted by molar-refractivity contribution is 7.92. The summed E-state index contributed by atoms with van der Waals surface area (Å²) >= 11 is 1.31. The molecule has 2 heterocycles. The van der Waals surface area contributed by atoms with Gasteiger partial charge in [0.15, 0.2) is 10.2 Å². The first kappa shape index (κ1) is 28.1. The Kier molecular flexibility index (Phi) is 7.63. The first-order valence-corrected chi connectivity index (χ1v) is 15.7. The Hall–Kier alpha value is -3.43. The summed E-state index contributed by atoms with van der Waals surface area (Å²) in [6, 6.07) is 19.1. The van der Waals surface area contributed by atoms with E-state index in [1.807, 2.05) is 70.4 Å². The van der Waals surface area contributed by atoms with Crippen molar-refractivity contribution in [3.8, 4) is 27.4 Å². The lowest BCUT2D eigenvalue weighted by Gasteiger charge is -2.18. The number of hydrogen-bond donors (Lipinski definition) is 1.